The lowest BCUT2D eigenvalue weighted by molar-refractivity contribution is -0.0512. The Morgan fingerprint density at radius 2 is 2.17 bits per heavy atom. The van der Waals surface area contributed by atoms with E-state index in [9.17, 15) is 8.78 Å². The van der Waals surface area contributed by atoms with Crippen LogP contribution in [0, 0.1) is 5.92 Å². The number of hydrogen-bond donors (Lipinski definition) is 2. The molecule has 0 amide bonds. The number of aliphatic imine (C=N–C) groups is 1. The van der Waals surface area contributed by atoms with Crippen molar-refractivity contribution in [2.24, 2.45) is 10.9 Å². The number of nitrogens with zero attached hydrogens (tertiary/aromatic N) is 1. The van der Waals surface area contributed by atoms with Crippen molar-refractivity contribution in [3.63, 3.8) is 0 Å². The molecule has 2 rings (SSSR count). The van der Waals surface area contributed by atoms with Crippen LogP contribution in [-0.2, 0) is 15.9 Å². The highest BCUT2D eigenvalue weighted by Gasteiger charge is 2.15. The molecular formula is C21H33F2N3O4. The number of guanidine groups is 1. The van der Waals surface area contributed by atoms with Gasteiger partial charge in [0.05, 0.1) is 20.3 Å². The molecule has 7 nitrogen and oxygen atoms in total. The minimum Gasteiger partial charge on any atom is -0.493 e. The zero-order chi connectivity index (χ0) is 21.6. The van der Waals surface area contributed by atoms with E-state index in [0.29, 0.717) is 32.0 Å². The Morgan fingerprint density at radius 3 is 2.87 bits per heavy atom. The molecule has 1 atom stereocenters. The molecule has 0 spiro atoms. The molecule has 30 heavy (non-hydrogen) atoms. The maximum atomic E-state index is 12.6. The van der Waals surface area contributed by atoms with Gasteiger partial charge in [-0.25, -0.2) is 0 Å². The van der Waals surface area contributed by atoms with E-state index in [-0.39, 0.29) is 11.5 Å². The van der Waals surface area contributed by atoms with Crippen LogP contribution in [0.25, 0.3) is 0 Å². The van der Waals surface area contributed by atoms with Crippen molar-refractivity contribution in [2.45, 2.75) is 32.8 Å². The van der Waals surface area contributed by atoms with Gasteiger partial charge in [0.15, 0.2) is 17.5 Å². The summed E-state index contributed by atoms with van der Waals surface area (Å²) in [7, 11) is 1.42. The maximum absolute atomic E-state index is 12.6. The smallest absolute Gasteiger partial charge is 0.387 e. The lowest BCUT2D eigenvalue weighted by Crippen LogP contribution is -2.38. The summed E-state index contributed by atoms with van der Waals surface area (Å²) in [5.41, 5.74) is 0.860. The van der Waals surface area contributed by atoms with Gasteiger partial charge in [-0.15, -0.1) is 0 Å². The van der Waals surface area contributed by atoms with Crippen LogP contribution in [0.15, 0.2) is 23.2 Å². The lowest BCUT2D eigenvalue weighted by atomic mass is 10.1. The van der Waals surface area contributed by atoms with Crippen LogP contribution in [0.3, 0.4) is 0 Å². The summed E-state index contributed by atoms with van der Waals surface area (Å²) in [6.45, 7) is 4.19. The fraction of sp³-hybridized carbons (Fsp3) is 0.667. The van der Waals surface area contributed by atoms with Crippen molar-refractivity contribution in [1.82, 2.24) is 10.6 Å². The van der Waals surface area contributed by atoms with Crippen LogP contribution >= 0.6 is 0 Å². The van der Waals surface area contributed by atoms with Crippen LogP contribution in [0.1, 0.15) is 25.3 Å². The van der Waals surface area contributed by atoms with E-state index in [1.807, 2.05) is 13.0 Å². The van der Waals surface area contributed by atoms with Gasteiger partial charge in [0.25, 0.3) is 0 Å². The fourth-order valence-corrected chi connectivity index (χ4v) is 3.05. The van der Waals surface area contributed by atoms with Gasteiger partial charge in [-0.3, -0.25) is 4.99 Å². The summed E-state index contributed by atoms with van der Waals surface area (Å²) in [5.74, 6) is 1.57. The van der Waals surface area contributed by atoms with Crippen LogP contribution in [0.5, 0.6) is 11.5 Å². The van der Waals surface area contributed by atoms with Crippen molar-refractivity contribution in [3.8, 4) is 11.5 Å². The number of benzene rings is 1. The van der Waals surface area contributed by atoms with Gasteiger partial charge in [-0.2, -0.15) is 8.78 Å². The van der Waals surface area contributed by atoms with Crippen molar-refractivity contribution >= 4 is 5.96 Å². The van der Waals surface area contributed by atoms with E-state index >= 15 is 0 Å². The second kappa shape index (κ2) is 14.0. The first-order chi connectivity index (χ1) is 14.6. The molecule has 1 aliphatic rings. The van der Waals surface area contributed by atoms with Gasteiger partial charge in [-0.1, -0.05) is 6.07 Å². The van der Waals surface area contributed by atoms with Gasteiger partial charge in [-0.05, 0) is 43.9 Å². The summed E-state index contributed by atoms with van der Waals surface area (Å²) >= 11 is 0. The lowest BCUT2D eigenvalue weighted by Gasteiger charge is -2.13. The van der Waals surface area contributed by atoms with Crippen molar-refractivity contribution < 1.29 is 27.7 Å². The molecule has 1 heterocycles. The average Bonchev–Trinajstić information content (AvgIpc) is 3.24. The first-order valence-corrected chi connectivity index (χ1v) is 10.4. The van der Waals surface area contributed by atoms with E-state index in [1.165, 1.54) is 7.11 Å². The predicted molar refractivity (Wildman–Crippen MR) is 112 cm³/mol. The Morgan fingerprint density at radius 1 is 1.30 bits per heavy atom. The van der Waals surface area contributed by atoms with Gasteiger partial charge in [0, 0.05) is 38.8 Å². The quantitative estimate of drug-likeness (QED) is 0.285. The molecule has 0 saturated carbocycles. The third-order valence-electron chi connectivity index (χ3n) is 4.59. The molecule has 1 aliphatic heterocycles. The average molecular weight is 430 g/mol. The largest absolute Gasteiger partial charge is 0.493 e. The highest BCUT2D eigenvalue weighted by atomic mass is 19.3. The van der Waals surface area contributed by atoms with Gasteiger partial charge < -0.3 is 29.6 Å². The van der Waals surface area contributed by atoms with E-state index in [1.54, 1.807) is 12.1 Å². The molecule has 1 aromatic carbocycles. The molecule has 170 valence electrons. The Hall–Kier alpha value is -2.13. The minimum absolute atomic E-state index is 0.0368. The van der Waals surface area contributed by atoms with Crippen LogP contribution in [-0.4, -0.2) is 65.7 Å². The zero-order valence-corrected chi connectivity index (χ0v) is 17.8. The third-order valence-corrected chi connectivity index (χ3v) is 4.59. The summed E-state index contributed by atoms with van der Waals surface area (Å²) < 4.78 is 45.7. The predicted octanol–water partition coefficient (Wildman–Crippen LogP) is 2.84. The summed E-state index contributed by atoms with van der Waals surface area (Å²) in [4.78, 5) is 4.54. The molecule has 0 aliphatic carbocycles. The number of methoxy groups -OCH3 is 1. The zero-order valence-electron chi connectivity index (χ0n) is 17.8. The van der Waals surface area contributed by atoms with E-state index in [2.05, 4.69) is 20.4 Å². The Bertz CT molecular complexity index is 641. The van der Waals surface area contributed by atoms with Crippen molar-refractivity contribution in [3.05, 3.63) is 23.8 Å². The van der Waals surface area contributed by atoms with Crippen LogP contribution < -0.4 is 20.1 Å². The standard InChI is InChI=1S/C21H33F2N3O4/c1-3-24-21(25-9-4-11-28-14-17-8-12-29-15-17)26-10-7-16-5-6-18(27-2)19(13-16)30-20(22)23/h5-6,13,17,20H,3-4,7-12,14-15H2,1-2H3,(H2,24,25,26). The van der Waals surface area contributed by atoms with Crippen molar-refractivity contribution in [1.29, 1.82) is 0 Å². The SMILES string of the molecule is CCNC(=NCCCOCC1CCOC1)NCCc1ccc(OC)c(OC(F)F)c1. The maximum Gasteiger partial charge on any atom is 0.387 e. The van der Waals surface area contributed by atoms with Gasteiger partial charge in [0.1, 0.15) is 0 Å². The molecule has 0 bridgehead atoms. The number of rotatable bonds is 13. The van der Waals surface area contributed by atoms with Crippen LogP contribution in [0.4, 0.5) is 8.78 Å². The number of nitrogens with one attached hydrogen (secondary N) is 2. The molecule has 0 aromatic heterocycles. The number of ether oxygens (including phenoxy) is 4. The molecule has 0 radical (unpaired) electrons. The third kappa shape index (κ3) is 9.13. The topological polar surface area (TPSA) is 73.3 Å². The van der Waals surface area contributed by atoms with E-state index < -0.39 is 6.61 Å². The fourth-order valence-electron chi connectivity index (χ4n) is 3.05. The van der Waals surface area contributed by atoms with E-state index in [0.717, 1.165) is 50.7 Å². The number of alkyl halides is 2. The number of hydrogen-bond acceptors (Lipinski definition) is 5. The van der Waals surface area contributed by atoms with Gasteiger partial charge >= 0.3 is 6.61 Å². The number of halogens is 2. The molecule has 9 heteroatoms. The summed E-state index contributed by atoms with van der Waals surface area (Å²) in [5, 5.41) is 6.45. The van der Waals surface area contributed by atoms with Gasteiger partial charge in [0.2, 0.25) is 0 Å². The monoisotopic (exact) mass is 429 g/mol. The second-order valence-electron chi connectivity index (χ2n) is 6.96. The molecular weight excluding hydrogens is 396 g/mol. The Balaban J connectivity index is 1.72. The van der Waals surface area contributed by atoms with Crippen molar-refractivity contribution in [2.75, 3.05) is 53.2 Å². The molecule has 1 fully saturated rings. The Labute approximate surface area is 177 Å². The molecule has 2 N–H and O–H groups in total. The Kier molecular flexibility index (Phi) is 11.2. The first kappa shape index (κ1) is 24.1. The minimum atomic E-state index is -2.89. The van der Waals surface area contributed by atoms with Crippen LogP contribution in [0.2, 0.25) is 0 Å². The summed E-state index contributed by atoms with van der Waals surface area (Å²) in [6, 6.07) is 5.03. The highest BCUT2D eigenvalue weighted by molar-refractivity contribution is 5.79. The molecule has 1 unspecified atom stereocenters. The molecule has 1 aromatic rings. The first-order valence-electron chi connectivity index (χ1n) is 10.4. The summed E-state index contributed by atoms with van der Waals surface area (Å²) in [6.07, 6.45) is 2.55. The molecule has 1 saturated heterocycles. The second-order valence-corrected chi connectivity index (χ2v) is 6.96. The normalized spacial score (nSPS) is 16.7. The van der Waals surface area contributed by atoms with E-state index in [4.69, 9.17) is 14.2 Å². The highest BCUT2D eigenvalue weighted by Crippen LogP contribution is 2.29.